The Labute approximate surface area is 274 Å². The van der Waals surface area contributed by atoms with Gasteiger partial charge in [-0.05, 0) is 66.1 Å². The largest absolute Gasteiger partial charge is 0.497 e. The fourth-order valence-electron chi connectivity index (χ4n) is 5.18. The maximum atomic E-state index is 13.4. The second-order valence-corrected chi connectivity index (χ2v) is 12.0. The Morgan fingerprint density at radius 2 is 1.62 bits per heavy atom. The molecule has 0 unspecified atom stereocenters. The summed E-state index contributed by atoms with van der Waals surface area (Å²) < 4.78 is 16.0. The van der Waals surface area contributed by atoms with Gasteiger partial charge in [0.2, 0.25) is 0 Å². The van der Waals surface area contributed by atoms with E-state index in [1.165, 1.54) is 11.8 Å². The molecule has 1 aliphatic rings. The predicted molar refractivity (Wildman–Crippen MR) is 181 cm³/mol. The third-order valence-corrected chi connectivity index (χ3v) is 8.89. The molecular weight excluding hydrogens is 610 g/mol. The number of carbonyl (C=O) groups is 1. The van der Waals surface area contributed by atoms with Gasteiger partial charge in [-0.25, -0.2) is 9.97 Å². The highest BCUT2D eigenvalue weighted by atomic mass is 35.5. The molecule has 236 valence electrons. The molecule has 0 bridgehead atoms. The minimum absolute atomic E-state index is 0.0497. The first-order valence-corrected chi connectivity index (χ1v) is 16.1. The van der Waals surface area contributed by atoms with E-state index < -0.39 is 0 Å². The standard InChI is InChI=1S/C34H38ClN5O4S/c1-38(15-14-24-8-13-29(43-3)30(21-24)44-4)32-22-31(35)36-34(37-32)45-23-25-6-5-7-26(20-25)33(41)40-18-16-39(17-19-40)27-9-11-28(42-2)12-10-27/h5-13,20-22H,14-19,23H2,1-4H3. The van der Waals surface area contributed by atoms with E-state index in [0.29, 0.717) is 46.2 Å². The van der Waals surface area contributed by atoms with Crippen LogP contribution in [0.4, 0.5) is 11.5 Å². The van der Waals surface area contributed by atoms with Crippen LogP contribution in [0.25, 0.3) is 0 Å². The van der Waals surface area contributed by atoms with Gasteiger partial charge in [-0.3, -0.25) is 4.79 Å². The van der Waals surface area contributed by atoms with E-state index >= 15 is 0 Å². The first-order valence-electron chi connectivity index (χ1n) is 14.7. The monoisotopic (exact) mass is 647 g/mol. The second-order valence-electron chi connectivity index (χ2n) is 10.7. The van der Waals surface area contributed by atoms with Crippen LogP contribution in [0.15, 0.2) is 78.0 Å². The number of nitrogens with zero attached hydrogens (tertiary/aromatic N) is 5. The van der Waals surface area contributed by atoms with Crippen molar-refractivity contribution in [3.8, 4) is 17.2 Å². The smallest absolute Gasteiger partial charge is 0.253 e. The first kappa shape index (κ1) is 32.2. The van der Waals surface area contributed by atoms with Crippen molar-refractivity contribution in [3.63, 3.8) is 0 Å². The number of ether oxygens (including phenoxy) is 3. The lowest BCUT2D eigenvalue weighted by atomic mass is 10.1. The fourth-order valence-corrected chi connectivity index (χ4v) is 6.20. The van der Waals surface area contributed by atoms with Gasteiger partial charge in [0, 0.05) is 62.8 Å². The molecular formula is C34H38ClN5O4S. The summed E-state index contributed by atoms with van der Waals surface area (Å²) >= 11 is 7.90. The number of amides is 1. The summed E-state index contributed by atoms with van der Waals surface area (Å²) in [7, 11) is 6.92. The Morgan fingerprint density at radius 1 is 0.867 bits per heavy atom. The average Bonchev–Trinajstić information content (AvgIpc) is 3.09. The lowest BCUT2D eigenvalue weighted by Crippen LogP contribution is -2.48. The van der Waals surface area contributed by atoms with Crippen LogP contribution in [0.3, 0.4) is 0 Å². The van der Waals surface area contributed by atoms with E-state index in [1.807, 2.05) is 66.5 Å². The maximum absolute atomic E-state index is 13.4. The summed E-state index contributed by atoms with van der Waals surface area (Å²) in [5.74, 6) is 3.66. The topological polar surface area (TPSA) is 80.3 Å². The molecule has 1 aliphatic heterocycles. The normalized spacial score (nSPS) is 13.0. The molecule has 0 spiro atoms. The number of halogens is 1. The third-order valence-electron chi connectivity index (χ3n) is 7.78. The first-order chi connectivity index (χ1) is 21.9. The lowest BCUT2D eigenvalue weighted by molar-refractivity contribution is 0.0746. The lowest BCUT2D eigenvalue weighted by Gasteiger charge is -2.36. The number of carbonyl (C=O) groups excluding carboxylic acids is 1. The van der Waals surface area contributed by atoms with Gasteiger partial charge in [0.25, 0.3) is 5.91 Å². The van der Waals surface area contributed by atoms with E-state index in [1.54, 1.807) is 27.4 Å². The van der Waals surface area contributed by atoms with Crippen LogP contribution in [-0.2, 0) is 12.2 Å². The van der Waals surface area contributed by atoms with E-state index in [4.69, 9.17) is 30.8 Å². The van der Waals surface area contributed by atoms with Crippen LogP contribution < -0.4 is 24.0 Å². The number of anilines is 2. The number of rotatable bonds is 12. The zero-order valence-corrected chi connectivity index (χ0v) is 27.6. The van der Waals surface area contributed by atoms with Crippen molar-refractivity contribution in [2.24, 2.45) is 0 Å². The van der Waals surface area contributed by atoms with Gasteiger partial charge < -0.3 is 28.9 Å². The number of hydrogen-bond acceptors (Lipinski definition) is 9. The summed E-state index contributed by atoms with van der Waals surface area (Å²) in [5.41, 5.74) is 3.98. The summed E-state index contributed by atoms with van der Waals surface area (Å²) in [6.07, 6.45) is 0.790. The molecule has 1 fully saturated rings. The highest BCUT2D eigenvalue weighted by Gasteiger charge is 2.23. The highest BCUT2D eigenvalue weighted by molar-refractivity contribution is 7.98. The van der Waals surface area contributed by atoms with Crippen LogP contribution in [-0.4, -0.2) is 81.9 Å². The van der Waals surface area contributed by atoms with Crippen molar-refractivity contribution in [2.45, 2.75) is 17.3 Å². The van der Waals surface area contributed by atoms with Gasteiger partial charge in [-0.1, -0.05) is 41.6 Å². The molecule has 0 aliphatic carbocycles. The highest BCUT2D eigenvalue weighted by Crippen LogP contribution is 2.29. The Hall–Kier alpha value is -4.15. The van der Waals surface area contributed by atoms with Crippen molar-refractivity contribution >= 4 is 40.8 Å². The molecule has 1 amide bonds. The minimum atomic E-state index is 0.0497. The van der Waals surface area contributed by atoms with Gasteiger partial charge in [-0.2, -0.15) is 0 Å². The molecule has 0 atom stereocenters. The number of thioether (sulfide) groups is 1. The molecule has 9 nitrogen and oxygen atoms in total. The Bertz CT molecular complexity index is 1600. The molecule has 1 aromatic heterocycles. The zero-order chi connectivity index (χ0) is 31.8. The molecule has 3 aromatic carbocycles. The number of hydrogen-bond donors (Lipinski definition) is 0. The fraction of sp³-hybridized carbons (Fsp3) is 0.324. The summed E-state index contributed by atoms with van der Waals surface area (Å²) in [4.78, 5) is 28.8. The van der Waals surface area contributed by atoms with Crippen LogP contribution in [0.5, 0.6) is 17.2 Å². The maximum Gasteiger partial charge on any atom is 0.253 e. The van der Waals surface area contributed by atoms with Crippen molar-refractivity contribution in [3.05, 3.63) is 94.6 Å². The van der Waals surface area contributed by atoms with Crippen LogP contribution >= 0.6 is 23.4 Å². The molecule has 0 saturated carbocycles. The van der Waals surface area contributed by atoms with E-state index in [2.05, 4.69) is 26.9 Å². The molecule has 0 N–H and O–H groups in total. The number of methoxy groups -OCH3 is 3. The molecule has 1 saturated heterocycles. The Morgan fingerprint density at radius 3 is 2.33 bits per heavy atom. The summed E-state index contributed by atoms with van der Waals surface area (Å²) in [5, 5.41) is 0.972. The average molecular weight is 648 g/mol. The van der Waals surface area contributed by atoms with Crippen LogP contribution in [0.2, 0.25) is 5.15 Å². The number of piperazine rings is 1. The summed E-state index contributed by atoms with van der Waals surface area (Å²) in [6.45, 7) is 3.63. The Balaban J connectivity index is 1.16. The Kier molecular flexibility index (Phi) is 10.9. The molecule has 2 heterocycles. The van der Waals surface area contributed by atoms with E-state index in [0.717, 1.165) is 54.4 Å². The van der Waals surface area contributed by atoms with Crippen molar-refractivity contribution in [1.29, 1.82) is 0 Å². The van der Waals surface area contributed by atoms with Gasteiger partial charge >= 0.3 is 0 Å². The van der Waals surface area contributed by atoms with Gasteiger partial charge in [-0.15, -0.1) is 0 Å². The van der Waals surface area contributed by atoms with Gasteiger partial charge in [0.15, 0.2) is 16.7 Å². The van der Waals surface area contributed by atoms with Crippen LogP contribution in [0.1, 0.15) is 21.5 Å². The van der Waals surface area contributed by atoms with Crippen molar-refractivity contribution < 1.29 is 19.0 Å². The second kappa shape index (κ2) is 15.2. The quantitative estimate of drug-likeness (QED) is 0.103. The number of likely N-dealkylation sites (N-methyl/N-ethyl adjacent to an activating group) is 1. The number of aromatic nitrogens is 2. The van der Waals surface area contributed by atoms with Gasteiger partial charge in [0.05, 0.1) is 21.3 Å². The van der Waals surface area contributed by atoms with Gasteiger partial charge in [0.1, 0.15) is 16.7 Å². The van der Waals surface area contributed by atoms with Crippen molar-refractivity contribution in [2.75, 3.05) is 70.9 Å². The third kappa shape index (κ3) is 8.32. The molecule has 45 heavy (non-hydrogen) atoms. The minimum Gasteiger partial charge on any atom is -0.497 e. The van der Waals surface area contributed by atoms with E-state index in [-0.39, 0.29) is 5.91 Å². The SMILES string of the molecule is COc1ccc(N2CCN(C(=O)c3cccc(CSc4nc(Cl)cc(N(C)CCc5ccc(OC)c(OC)c5)n4)c3)CC2)cc1. The van der Waals surface area contributed by atoms with Crippen LogP contribution in [0, 0.1) is 0 Å². The van der Waals surface area contributed by atoms with E-state index in [9.17, 15) is 4.79 Å². The number of benzene rings is 3. The molecule has 0 radical (unpaired) electrons. The van der Waals surface area contributed by atoms with Crippen molar-refractivity contribution in [1.82, 2.24) is 14.9 Å². The molecule has 5 rings (SSSR count). The molecule has 4 aromatic rings. The zero-order valence-electron chi connectivity index (χ0n) is 26.0. The molecule has 11 heteroatoms. The predicted octanol–water partition coefficient (Wildman–Crippen LogP) is 6.09. The summed E-state index contributed by atoms with van der Waals surface area (Å²) in [6, 6.07) is 23.6.